The first kappa shape index (κ1) is 18.2. The minimum atomic E-state index is -0.714. The molecule has 0 amide bonds. The Balaban J connectivity index is 2.89. The molecule has 0 saturated carbocycles. The van der Waals surface area contributed by atoms with Crippen molar-refractivity contribution in [1.29, 1.82) is 0 Å². The minimum Gasteiger partial charge on any atom is -0.465 e. The predicted octanol–water partition coefficient (Wildman–Crippen LogP) is 3.68. The number of aliphatic hydroxyl groups is 1. The molecule has 0 heterocycles. The van der Waals surface area contributed by atoms with Crippen LogP contribution in [-0.2, 0) is 16.0 Å². The van der Waals surface area contributed by atoms with Crippen LogP contribution in [0.3, 0.4) is 0 Å². The lowest BCUT2D eigenvalue weighted by molar-refractivity contribution is -0.152. The van der Waals surface area contributed by atoms with Crippen molar-refractivity contribution in [2.75, 3.05) is 13.2 Å². The molecule has 0 aliphatic carbocycles. The molecule has 120 valence electrons. The molecule has 0 saturated heterocycles. The van der Waals surface area contributed by atoms with Crippen LogP contribution < -0.4 is 0 Å². The molecule has 3 heteroatoms. The number of rotatable bonds is 9. The highest BCUT2D eigenvalue weighted by atomic mass is 16.5. The summed E-state index contributed by atoms with van der Waals surface area (Å²) in [6.45, 7) is 8.01. The monoisotopic (exact) mass is 302 g/mol. The predicted molar refractivity (Wildman–Crippen MR) is 89.5 cm³/mol. The fraction of sp³-hybridized carbons (Fsp3) is 0.421. The van der Waals surface area contributed by atoms with Gasteiger partial charge in [0.15, 0.2) is 0 Å². The second-order valence-electron chi connectivity index (χ2n) is 5.65. The van der Waals surface area contributed by atoms with E-state index in [0.29, 0.717) is 25.9 Å². The van der Waals surface area contributed by atoms with Crippen LogP contribution in [-0.4, -0.2) is 24.3 Å². The number of carbonyl (C=O) groups excluding carboxylic acids is 1. The normalized spacial score (nSPS) is 14.2. The highest BCUT2D eigenvalue weighted by Crippen LogP contribution is 2.33. The van der Waals surface area contributed by atoms with Crippen LogP contribution in [0.15, 0.2) is 54.6 Å². The second kappa shape index (κ2) is 9.21. The van der Waals surface area contributed by atoms with Crippen molar-refractivity contribution in [3.05, 3.63) is 60.2 Å². The maximum absolute atomic E-state index is 12.6. The van der Waals surface area contributed by atoms with E-state index in [0.717, 1.165) is 11.1 Å². The number of benzene rings is 1. The van der Waals surface area contributed by atoms with Crippen molar-refractivity contribution in [2.24, 2.45) is 5.41 Å². The lowest BCUT2D eigenvalue weighted by Crippen LogP contribution is -2.33. The van der Waals surface area contributed by atoms with E-state index < -0.39 is 5.41 Å². The van der Waals surface area contributed by atoms with Crippen molar-refractivity contribution in [3.8, 4) is 0 Å². The molecule has 1 unspecified atom stereocenters. The molecule has 0 aliphatic rings. The molecule has 0 radical (unpaired) electrons. The van der Waals surface area contributed by atoms with Crippen molar-refractivity contribution < 1.29 is 14.6 Å². The third-order valence-electron chi connectivity index (χ3n) is 3.87. The van der Waals surface area contributed by atoms with Gasteiger partial charge in [-0.25, -0.2) is 0 Å². The smallest absolute Gasteiger partial charge is 0.316 e. The summed E-state index contributed by atoms with van der Waals surface area (Å²) >= 11 is 0. The van der Waals surface area contributed by atoms with Gasteiger partial charge in [-0.1, -0.05) is 54.6 Å². The summed E-state index contributed by atoms with van der Waals surface area (Å²) in [5, 5.41) is 8.78. The number of ether oxygens (including phenoxy) is 1. The molecule has 1 aromatic rings. The number of allylic oxidation sites excluding steroid dienone is 2. The molecule has 1 aromatic carbocycles. The summed E-state index contributed by atoms with van der Waals surface area (Å²) in [6, 6.07) is 9.92. The van der Waals surface area contributed by atoms with Crippen LogP contribution in [0.5, 0.6) is 0 Å². The summed E-state index contributed by atoms with van der Waals surface area (Å²) in [7, 11) is 0. The quantitative estimate of drug-likeness (QED) is 0.430. The second-order valence-corrected chi connectivity index (χ2v) is 5.65. The van der Waals surface area contributed by atoms with Crippen molar-refractivity contribution >= 4 is 5.97 Å². The van der Waals surface area contributed by atoms with Crippen LogP contribution in [0, 0.1) is 5.41 Å². The molecule has 1 atom stereocenters. The third kappa shape index (κ3) is 5.15. The highest BCUT2D eigenvalue weighted by Gasteiger charge is 2.36. The van der Waals surface area contributed by atoms with Gasteiger partial charge in [0.1, 0.15) is 0 Å². The zero-order valence-electron chi connectivity index (χ0n) is 13.5. The van der Waals surface area contributed by atoms with E-state index in [1.807, 2.05) is 50.3 Å². The van der Waals surface area contributed by atoms with E-state index >= 15 is 0 Å². The van der Waals surface area contributed by atoms with E-state index in [9.17, 15) is 4.79 Å². The number of hydrogen-bond acceptors (Lipinski definition) is 3. The summed E-state index contributed by atoms with van der Waals surface area (Å²) in [5.41, 5.74) is 1.31. The van der Waals surface area contributed by atoms with Gasteiger partial charge in [-0.05, 0) is 38.7 Å². The Morgan fingerprint density at radius 1 is 1.32 bits per heavy atom. The summed E-state index contributed by atoms with van der Waals surface area (Å²) in [4.78, 5) is 12.6. The van der Waals surface area contributed by atoms with E-state index in [-0.39, 0.29) is 12.6 Å². The van der Waals surface area contributed by atoms with Crippen molar-refractivity contribution in [3.63, 3.8) is 0 Å². The Kier molecular flexibility index (Phi) is 7.61. The summed E-state index contributed by atoms with van der Waals surface area (Å²) in [5.74, 6) is -0.232. The van der Waals surface area contributed by atoms with Gasteiger partial charge >= 0.3 is 5.97 Å². The van der Waals surface area contributed by atoms with E-state index in [1.54, 1.807) is 6.08 Å². The topological polar surface area (TPSA) is 46.5 Å². The average Bonchev–Trinajstić information content (AvgIpc) is 2.52. The number of carbonyl (C=O) groups is 1. The van der Waals surface area contributed by atoms with Crippen molar-refractivity contribution in [2.45, 2.75) is 33.1 Å². The SMILES string of the molecule is C=C/C=C(\C)C(C)(Cc1ccccc1)C(=O)OCCCCO. The van der Waals surface area contributed by atoms with Gasteiger partial charge in [0.2, 0.25) is 0 Å². The molecular formula is C19H26O3. The number of esters is 1. The number of hydrogen-bond donors (Lipinski definition) is 1. The summed E-state index contributed by atoms with van der Waals surface area (Å²) in [6.07, 6.45) is 5.45. The zero-order chi connectivity index (χ0) is 16.4. The van der Waals surface area contributed by atoms with Crippen LogP contribution in [0.25, 0.3) is 0 Å². The largest absolute Gasteiger partial charge is 0.465 e. The number of aliphatic hydroxyl groups excluding tert-OH is 1. The lowest BCUT2D eigenvalue weighted by atomic mass is 9.77. The molecule has 0 aromatic heterocycles. The Labute approximate surface area is 133 Å². The standard InChI is InChI=1S/C19H26O3/c1-4-10-16(2)19(3,15-17-11-6-5-7-12-17)18(21)22-14-9-8-13-20/h4-7,10-12,20H,1,8-9,13-15H2,2-3H3/b16-10+. The van der Waals surface area contributed by atoms with Gasteiger partial charge in [0, 0.05) is 6.61 Å². The molecule has 3 nitrogen and oxygen atoms in total. The molecule has 22 heavy (non-hydrogen) atoms. The highest BCUT2D eigenvalue weighted by molar-refractivity contribution is 5.80. The average molecular weight is 302 g/mol. The fourth-order valence-corrected chi connectivity index (χ4v) is 2.28. The van der Waals surface area contributed by atoms with Crippen molar-refractivity contribution in [1.82, 2.24) is 0 Å². The summed E-state index contributed by atoms with van der Waals surface area (Å²) < 4.78 is 5.42. The van der Waals surface area contributed by atoms with Crippen LogP contribution in [0.1, 0.15) is 32.3 Å². The van der Waals surface area contributed by atoms with Crippen LogP contribution >= 0.6 is 0 Å². The molecule has 0 fully saturated rings. The molecule has 1 N–H and O–H groups in total. The van der Waals surface area contributed by atoms with Gasteiger partial charge in [0.05, 0.1) is 12.0 Å². The van der Waals surface area contributed by atoms with E-state index in [2.05, 4.69) is 6.58 Å². The van der Waals surface area contributed by atoms with Gasteiger partial charge in [-0.15, -0.1) is 0 Å². The number of unbranched alkanes of at least 4 members (excludes halogenated alkanes) is 1. The Morgan fingerprint density at radius 3 is 2.59 bits per heavy atom. The molecule has 0 bridgehead atoms. The fourth-order valence-electron chi connectivity index (χ4n) is 2.28. The zero-order valence-corrected chi connectivity index (χ0v) is 13.5. The third-order valence-corrected chi connectivity index (χ3v) is 3.87. The maximum Gasteiger partial charge on any atom is 0.316 e. The minimum absolute atomic E-state index is 0.119. The lowest BCUT2D eigenvalue weighted by Gasteiger charge is -2.28. The Bertz CT molecular complexity index is 505. The van der Waals surface area contributed by atoms with Gasteiger partial charge in [-0.2, -0.15) is 0 Å². The first-order chi connectivity index (χ1) is 10.5. The van der Waals surface area contributed by atoms with E-state index in [1.165, 1.54) is 0 Å². The van der Waals surface area contributed by atoms with Gasteiger partial charge in [0.25, 0.3) is 0 Å². The molecular weight excluding hydrogens is 276 g/mol. The van der Waals surface area contributed by atoms with Gasteiger partial charge < -0.3 is 9.84 Å². The van der Waals surface area contributed by atoms with E-state index in [4.69, 9.17) is 9.84 Å². The first-order valence-electron chi connectivity index (χ1n) is 7.66. The maximum atomic E-state index is 12.6. The molecule has 0 aliphatic heterocycles. The van der Waals surface area contributed by atoms with Crippen LogP contribution in [0.4, 0.5) is 0 Å². The first-order valence-corrected chi connectivity index (χ1v) is 7.66. The molecule has 1 rings (SSSR count). The Morgan fingerprint density at radius 2 is 2.00 bits per heavy atom. The van der Waals surface area contributed by atoms with Gasteiger partial charge in [-0.3, -0.25) is 4.79 Å². The van der Waals surface area contributed by atoms with Crippen LogP contribution in [0.2, 0.25) is 0 Å². The molecule has 0 spiro atoms. The Hall–Kier alpha value is -1.87.